The predicted octanol–water partition coefficient (Wildman–Crippen LogP) is 1.20. The maximum absolute atomic E-state index is 12.6. The van der Waals surface area contributed by atoms with Gasteiger partial charge in [0.05, 0.1) is 0 Å². The number of carbonyl (C=O) groups excluding carboxylic acids is 1. The zero-order valence-corrected chi connectivity index (χ0v) is 11.5. The van der Waals surface area contributed by atoms with Crippen LogP contribution in [-0.2, 0) is 0 Å². The molecule has 0 unspecified atom stereocenters. The van der Waals surface area contributed by atoms with Gasteiger partial charge >= 0.3 is 0 Å². The molecule has 0 spiro atoms. The van der Waals surface area contributed by atoms with Crippen molar-refractivity contribution in [1.29, 1.82) is 0 Å². The van der Waals surface area contributed by atoms with Gasteiger partial charge in [-0.2, -0.15) is 0 Å². The number of nitrogens with zero attached hydrogens (tertiary/aromatic N) is 3. The molecule has 20 heavy (non-hydrogen) atoms. The van der Waals surface area contributed by atoms with Crippen molar-refractivity contribution in [3.05, 3.63) is 36.2 Å². The van der Waals surface area contributed by atoms with Crippen molar-refractivity contribution >= 4 is 22.4 Å². The highest BCUT2D eigenvalue weighted by Gasteiger charge is 2.22. The Morgan fingerprint density at radius 1 is 1.20 bits per heavy atom. The number of rotatable bonds is 1. The quantitative estimate of drug-likeness (QED) is 0.791. The third kappa shape index (κ3) is 2.32. The Morgan fingerprint density at radius 3 is 2.70 bits per heavy atom. The second kappa shape index (κ2) is 5.09. The SMILES string of the molecule is CN1CCN(C(=O)c2nccc3cc(N)ccc23)CC1. The number of pyridine rings is 1. The van der Waals surface area contributed by atoms with Crippen molar-refractivity contribution in [3.63, 3.8) is 0 Å². The van der Waals surface area contributed by atoms with Crippen LogP contribution < -0.4 is 5.73 Å². The fourth-order valence-electron chi connectivity index (χ4n) is 2.53. The average Bonchev–Trinajstić information content (AvgIpc) is 2.46. The number of carbonyl (C=O) groups is 1. The van der Waals surface area contributed by atoms with Crippen molar-refractivity contribution in [2.75, 3.05) is 39.0 Å². The van der Waals surface area contributed by atoms with Gasteiger partial charge in [0, 0.05) is 43.4 Å². The smallest absolute Gasteiger partial charge is 0.273 e. The number of fused-ring (bicyclic) bond motifs is 1. The number of piperazine rings is 1. The highest BCUT2D eigenvalue weighted by atomic mass is 16.2. The van der Waals surface area contributed by atoms with E-state index in [0.29, 0.717) is 11.4 Å². The van der Waals surface area contributed by atoms with Crippen molar-refractivity contribution in [3.8, 4) is 0 Å². The number of nitrogen functional groups attached to an aromatic ring is 1. The summed E-state index contributed by atoms with van der Waals surface area (Å²) in [7, 11) is 2.07. The molecule has 0 radical (unpaired) electrons. The largest absolute Gasteiger partial charge is 0.399 e. The number of anilines is 1. The van der Waals surface area contributed by atoms with Crippen molar-refractivity contribution < 1.29 is 4.79 Å². The van der Waals surface area contributed by atoms with E-state index in [-0.39, 0.29) is 5.91 Å². The normalized spacial score (nSPS) is 16.6. The molecule has 104 valence electrons. The molecule has 1 aromatic heterocycles. The molecule has 0 saturated carbocycles. The van der Waals surface area contributed by atoms with Crippen LogP contribution >= 0.6 is 0 Å². The highest BCUT2D eigenvalue weighted by Crippen LogP contribution is 2.21. The Morgan fingerprint density at radius 2 is 1.95 bits per heavy atom. The van der Waals surface area contributed by atoms with Crippen LogP contribution in [0.2, 0.25) is 0 Å². The number of amides is 1. The predicted molar refractivity (Wildman–Crippen MR) is 79.6 cm³/mol. The summed E-state index contributed by atoms with van der Waals surface area (Å²) in [6.07, 6.45) is 1.67. The number of aromatic nitrogens is 1. The fraction of sp³-hybridized carbons (Fsp3) is 0.333. The number of hydrogen-bond acceptors (Lipinski definition) is 4. The fourth-order valence-corrected chi connectivity index (χ4v) is 2.53. The molecule has 2 heterocycles. The summed E-state index contributed by atoms with van der Waals surface area (Å²) in [5.74, 6) is 0.00784. The van der Waals surface area contributed by atoms with Gasteiger partial charge in [0.1, 0.15) is 5.69 Å². The zero-order chi connectivity index (χ0) is 14.1. The first-order valence-electron chi connectivity index (χ1n) is 6.77. The van der Waals surface area contributed by atoms with E-state index in [1.165, 1.54) is 0 Å². The molecule has 1 fully saturated rings. The lowest BCUT2D eigenvalue weighted by molar-refractivity contribution is 0.0660. The number of benzene rings is 1. The molecule has 1 amide bonds. The van der Waals surface area contributed by atoms with E-state index in [0.717, 1.165) is 37.0 Å². The Kier molecular flexibility index (Phi) is 3.28. The molecule has 0 atom stereocenters. The van der Waals surface area contributed by atoms with Gasteiger partial charge in [-0.3, -0.25) is 9.78 Å². The molecule has 3 rings (SSSR count). The second-order valence-corrected chi connectivity index (χ2v) is 5.24. The molecular formula is C15H18N4O. The average molecular weight is 270 g/mol. The van der Waals surface area contributed by atoms with Crippen molar-refractivity contribution in [2.24, 2.45) is 0 Å². The minimum Gasteiger partial charge on any atom is -0.399 e. The van der Waals surface area contributed by atoms with Gasteiger partial charge < -0.3 is 15.5 Å². The molecule has 2 N–H and O–H groups in total. The minimum atomic E-state index is 0.00784. The van der Waals surface area contributed by atoms with E-state index in [1.807, 2.05) is 29.2 Å². The molecule has 5 heteroatoms. The lowest BCUT2D eigenvalue weighted by Crippen LogP contribution is -2.47. The Labute approximate surface area is 118 Å². The zero-order valence-electron chi connectivity index (χ0n) is 11.5. The van der Waals surface area contributed by atoms with Gasteiger partial charge in [-0.05, 0) is 36.7 Å². The van der Waals surface area contributed by atoms with E-state index < -0.39 is 0 Å². The first-order chi connectivity index (χ1) is 9.65. The summed E-state index contributed by atoms with van der Waals surface area (Å²) in [5.41, 5.74) is 7.00. The lowest BCUT2D eigenvalue weighted by Gasteiger charge is -2.32. The molecular weight excluding hydrogens is 252 g/mol. The van der Waals surface area contributed by atoms with Gasteiger partial charge in [0.15, 0.2) is 0 Å². The van der Waals surface area contributed by atoms with Gasteiger partial charge in [0.25, 0.3) is 5.91 Å². The van der Waals surface area contributed by atoms with Crippen LogP contribution in [0.4, 0.5) is 5.69 Å². The summed E-state index contributed by atoms with van der Waals surface area (Å²) < 4.78 is 0. The van der Waals surface area contributed by atoms with E-state index >= 15 is 0 Å². The lowest BCUT2D eigenvalue weighted by atomic mass is 10.1. The summed E-state index contributed by atoms with van der Waals surface area (Å²) in [4.78, 5) is 21.0. The van der Waals surface area contributed by atoms with Crippen LogP contribution in [0.5, 0.6) is 0 Å². The van der Waals surface area contributed by atoms with Crippen LogP contribution in [0.25, 0.3) is 10.8 Å². The third-order valence-corrected chi connectivity index (χ3v) is 3.78. The summed E-state index contributed by atoms with van der Waals surface area (Å²) in [6.45, 7) is 3.32. The van der Waals surface area contributed by atoms with Crippen LogP contribution in [0.3, 0.4) is 0 Å². The maximum atomic E-state index is 12.6. The summed E-state index contributed by atoms with van der Waals surface area (Å²) in [5, 5.41) is 1.82. The first-order valence-corrected chi connectivity index (χ1v) is 6.77. The van der Waals surface area contributed by atoms with Gasteiger partial charge in [-0.1, -0.05) is 0 Å². The number of nitrogens with two attached hydrogens (primary N) is 1. The standard InChI is InChI=1S/C15H18N4O/c1-18-6-8-19(9-7-18)15(20)14-13-3-2-12(16)10-11(13)4-5-17-14/h2-5,10H,6-9,16H2,1H3. The molecule has 1 aromatic carbocycles. The van der Waals surface area contributed by atoms with E-state index in [9.17, 15) is 4.79 Å². The van der Waals surface area contributed by atoms with E-state index in [2.05, 4.69) is 16.9 Å². The Balaban J connectivity index is 1.95. The van der Waals surface area contributed by atoms with Crippen molar-refractivity contribution in [1.82, 2.24) is 14.8 Å². The number of likely N-dealkylation sites (N-methyl/N-ethyl adjacent to an activating group) is 1. The van der Waals surface area contributed by atoms with Crippen LogP contribution in [0.15, 0.2) is 30.5 Å². The van der Waals surface area contributed by atoms with Crippen LogP contribution in [-0.4, -0.2) is 53.9 Å². The van der Waals surface area contributed by atoms with Crippen LogP contribution in [0, 0.1) is 0 Å². The van der Waals surface area contributed by atoms with Crippen molar-refractivity contribution in [2.45, 2.75) is 0 Å². The summed E-state index contributed by atoms with van der Waals surface area (Å²) >= 11 is 0. The number of hydrogen-bond donors (Lipinski definition) is 1. The Bertz CT molecular complexity index is 647. The maximum Gasteiger partial charge on any atom is 0.273 e. The van der Waals surface area contributed by atoms with Gasteiger partial charge in [-0.25, -0.2) is 0 Å². The van der Waals surface area contributed by atoms with Gasteiger partial charge in [0.2, 0.25) is 0 Å². The molecule has 0 bridgehead atoms. The van der Waals surface area contributed by atoms with Crippen LogP contribution in [0.1, 0.15) is 10.5 Å². The van der Waals surface area contributed by atoms with E-state index in [4.69, 9.17) is 5.73 Å². The first kappa shape index (κ1) is 12.9. The molecule has 1 aliphatic heterocycles. The highest BCUT2D eigenvalue weighted by molar-refractivity contribution is 6.05. The minimum absolute atomic E-state index is 0.00784. The molecule has 2 aromatic rings. The van der Waals surface area contributed by atoms with Gasteiger partial charge in [-0.15, -0.1) is 0 Å². The summed E-state index contributed by atoms with van der Waals surface area (Å²) in [6, 6.07) is 7.44. The second-order valence-electron chi connectivity index (χ2n) is 5.24. The molecule has 0 aliphatic carbocycles. The monoisotopic (exact) mass is 270 g/mol. The topological polar surface area (TPSA) is 62.5 Å². The Hall–Kier alpha value is -2.14. The molecule has 5 nitrogen and oxygen atoms in total. The van der Waals surface area contributed by atoms with E-state index in [1.54, 1.807) is 6.20 Å². The third-order valence-electron chi connectivity index (χ3n) is 3.78. The molecule has 1 aliphatic rings. The molecule has 1 saturated heterocycles.